The van der Waals surface area contributed by atoms with Gasteiger partial charge < -0.3 is 10.2 Å². The summed E-state index contributed by atoms with van der Waals surface area (Å²) < 4.78 is 13.1. The van der Waals surface area contributed by atoms with Gasteiger partial charge in [0.25, 0.3) is 0 Å². The number of H-pyrrole nitrogens is 1. The van der Waals surface area contributed by atoms with Crippen molar-refractivity contribution in [2.24, 2.45) is 4.99 Å². The number of hydrogen-bond donors (Lipinski definition) is 2. The number of halogens is 2. The normalized spacial score (nSPS) is 11.0. The van der Waals surface area contributed by atoms with E-state index < -0.39 is 0 Å². The lowest BCUT2D eigenvalue weighted by molar-refractivity contribution is 0.476. The molecule has 3 aromatic rings. The van der Waals surface area contributed by atoms with Crippen LogP contribution in [-0.4, -0.2) is 39.6 Å². The van der Waals surface area contributed by atoms with Gasteiger partial charge in [-0.1, -0.05) is 30.3 Å². The Morgan fingerprint density at radius 2 is 1.96 bits per heavy atom. The number of aliphatic imine (C=N–C) groups is 1. The van der Waals surface area contributed by atoms with Crippen molar-refractivity contribution in [3.05, 3.63) is 71.8 Å². The van der Waals surface area contributed by atoms with Gasteiger partial charge in [0.15, 0.2) is 11.8 Å². The summed E-state index contributed by atoms with van der Waals surface area (Å²) in [6, 6.07) is 14.6. The van der Waals surface area contributed by atoms with E-state index in [1.807, 2.05) is 43.1 Å². The summed E-state index contributed by atoms with van der Waals surface area (Å²) in [5.74, 6) is 1.31. The highest BCUT2D eigenvalue weighted by Crippen LogP contribution is 2.16. The van der Waals surface area contributed by atoms with E-state index in [4.69, 9.17) is 4.99 Å². The smallest absolute Gasteiger partial charge is 0.194 e. The molecule has 0 spiro atoms. The first-order chi connectivity index (χ1) is 13.2. The van der Waals surface area contributed by atoms with Gasteiger partial charge in [-0.05, 0) is 36.2 Å². The van der Waals surface area contributed by atoms with Crippen molar-refractivity contribution in [3.8, 4) is 11.4 Å². The summed E-state index contributed by atoms with van der Waals surface area (Å²) in [4.78, 5) is 10.9. The predicted octanol–water partition coefficient (Wildman–Crippen LogP) is 3.83. The summed E-state index contributed by atoms with van der Waals surface area (Å²) in [5, 5.41) is 10.1. The molecule has 1 aromatic heterocycles. The topological polar surface area (TPSA) is 69.2 Å². The van der Waals surface area contributed by atoms with Crippen LogP contribution in [0, 0.1) is 5.82 Å². The number of benzene rings is 2. The summed E-state index contributed by atoms with van der Waals surface area (Å²) in [6.45, 7) is 3.98. The quantitative estimate of drug-likeness (QED) is 0.311. The minimum absolute atomic E-state index is 0. The van der Waals surface area contributed by atoms with E-state index in [2.05, 4.69) is 20.5 Å². The number of aromatic amines is 1. The van der Waals surface area contributed by atoms with Crippen LogP contribution in [0.1, 0.15) is 18.1 Å². The van der Waals surface area contributed by atoms with E-state index in [-0.39, 0.29) is 29.8 Å². The summed E-state index contributed by atoms with van der Waals surface area (Å²) >= 11 is 0. The molecule has 0 aliphatic heterocycles. The molecule has 0 aliphatic carbocycles. The van der Waals surface area contributed by atoms with Crippen LogP contribution < -0.4 is 5.32 Å². The number of nitrogens with one attached hydrogen (secondary N) is 2. The largest absolute Gasteiger partial charge is 0.357 e. The highest BCUT2D eigenvalue weighted by Gasteiger charge is 2.07. The molecule has 0 atom stereocenters. The average molecular weight is 494 g/mol. The molecule has 3 rings (SSSR count). The molecule has 148 valence electrons. The molecule has 2 aromatic carbocycles. The van der Waals surface area contributed by atoms with Crippen LogP contribution in [0.15, 0.2) is 59.9 Å². The molecule has 0 radical (unpaired) electrons. The van der Waals surface area contributed by atoms with Crippen LogP contribution in [0.4, 0.5) is 4.39 Å². The van der Waals surface area contributed by atoms with Gasteiger partial charge in [-0.25, -0.2) is 14.4 Å². The third-order valence-corrected chi connectivity index (χ3v) is 4.06. The molecule has 28 heavy (non-hydrogen) atoms. The Balaban J connectivity index is 0.00000280. The second-order valence-electron chi connectivity index (χ2n) is 6.19. The van der Waals surface area contributed by atoms with Crippen LogP contribution >= 0.6 is 24.0 Å². The summed E-state index contributed by atoms with van der Waals surface area (Å²) in [6.07, 6.45) is 1.49. The maximum Gasteiger partial charge on any atom is 0.194 e. The van der Waals surface area contributed by atoms with Crippen molar-refractivity contribution in [1.82, 2.24) is 25.4 Å². The van der Waals surface area contributed by atoms with Crippen LogP contribution in [0.5, 0.6) is 0 Å². The lowest BCUT2D eigenvalue weighted by atomic mass is 10.1. The van der Waals surface area contributed by atoms with Gasteiger partial charge in [-0.15, -0.1) is 24.0 Å². The van der Waals surface area contributed by atoms with Crippen molar-refractivity contribution in [2.45, 2.75) is 20.0 Å². The van der Waals surface area contributed by atoms with Crippen molar-refractivity contribution < 1.29 is 4.39 Å². The van der Waals surface area contributed by atoms with E-state index in [1.54, 1.807) is 12.1 Å². The fourth-order valence-corrected chi connectivity index (χ4v) is 2.74. The fraction of sp³-hybridized carbons (Fsp3) is 0.250. The Hall–Kier alpha value is -2.49. The minimum Gasteiger partial charge on any atom is -0.357 e. The fourth-order valence-electron chi connectivity index (χ4n) is 2.74. The highest BCUT2D eigenvalue weighted by atomic mass is 127. The molecule has 0 saturated carbocycles. The predicted molar refractivity (Wildman–Crippen MR) is 120 cm³/mol. The van der Waals surface area contributed by atoms with Crippen LogP contribution in [0.3, 0.4) is 0 Å². The highest BCUT2D eigenvalue weighted by molar-refractivity contribution is 14.0. The van der Waals surface area contributed by atoms with E-state index in [0.29, 0.717) is 13.1 Å². The van der Waals surface area contributed by atoms with Crippen molar-refractivity contribution >= 4 is 29.9 Å². The zero-order valence-corrected chi connectivity index (χ0v) is 18.2. The molecule has 6 nitrogen and oxygen atoms in total. The van der Waals surface area contributed by atoms with Gasteiger partial charge >= 0.3 is 0 Å². The molecule has 8 heteroatoms. The molecular weight excluding hydrogens is 470 g/mol. The van der Waals surface area contributed by atoms with Crippen molar-refractivity contribution in [2.75, 3.05) is 13.6 Å². The first-order valence-corrected chi connectivity index (χ1v) is 8.84. The maximum atomic E-state index is 13.1. The first kappa shape index (κ1) is 21.8. The van der Waals surface area contributed by atoms with Gasteiger partial charge in [-0.3, -0.25) is 5.10 Å². The number of aromatic nitrogens is 3. The first-order valence-electron chi connectivity index (χ1n) is 8.84. The van der Waals surface area contributed by atoms with Crippen LogP contribution in [-0.2, 0) is 13.1 Å². The Morgan fingerprint density at radius 1 is 1.18 bits per heavy atom. The van der Waals surface area contributed by atoms with E-state index in [9.17, 15) is 4.39 Å². The van der Waals surface area contributed by atoms with E-state index in [1.165, 1.54) is 18.5 Å². The Labute approximate surface area is 181 Å². The van der Waals surface area contributed by atoms with Crippen molar-refractivity contribution in [1.29, 1.82) is 0 Å². The standard InChI is InChI=1S/C20H23FN6.HI/c1-3-22-20(27(2)13-15-7-9-18(21)10-8-15)23-12-16-5-4-6-17(11-16)19-24-14-25-26-19;/h4-11,14H,3,12-13H2,1-2H3,(H,22,23)(H,24,25,26);1H. The molecule has 0 saturated heterocycles. The van der Waals surface area contributed by atoms with E-state index in [0.717, 1.165) is 35.0 Å². The minimum atomic E-state index is -0.228. The molecular formula is C20H24FIN6. The molecule has 0 amide bonds. The zero-order chi connectivity index (χ0) is 19.1. The second-order valence-corrected chi connectivity index (χ2v) is 6.19. The molecule has 0 unspecified atom stereocenters. The summed E-state index contributed by atoms with van der Waals surface area (Å²) in [5.41, 5.74) is 3.08. The molecule has 1 heterocycles. The Kier molecular flexibility index (Phi) is 8.37. The molecule has 2 N–H and O–H groups in total. The van der Waals surface area contributed by atoms with Crippen LogP contribution in [0.2, 0.25) is 0 Å². The monoisotopic (exact) mass is 494 g/mol. The lowest BCUT2D eigenvalue weighted by Crippen LogP contribution is -2.38. The van der Waals surface area contributed by atoms with Gasteiger partial charge in [0.1, 0.15) is 12.1 Å². The third kappa shape index (κ3) is 6.01. The second kappa shape index (κ2) is 10.7. The van der Waals surface area contributed by atoms with Crippen LogP contribution in [0.25, 0.3) is 11.4 Å². The number of hydrogen-bond acceptors (Lipinski definition) is 3. The van der Waals surface area contributed by atoms with Gasteiger partial charge in [0.2, 0.25) is 0 Å². The average Bonchev–Trinajstić information content (AvgIpc) is 3.22. The lowest BCUT2D eigenvalue weighted by Gasteiger charge is -2.22. The maximum absolute atomic E-state index is 13.1. The van der Waals surface area contributed by atoms with Crippen molar-refractivity contribution in [3.63, 3.8) is 0 Å². The zero-order valence-electron chi connectivity index (χ0n) is 15.9. The molecule has 0 bridgehead atoms. The molecule has 0 fully saturated rings. The number of nitrogens with zero attached hydrogens (tertiary/aromatic N) is 4. The summed E-state index contributed by atoms with van der Waals surface area (Å²) in [7, 11) is 1.97. The number of guanidine groups is 1. The Bertz CT molecular complexity index is 880. The van der Waals surface area contributed by atoms with E-state index >= 15 is 0 Å². The van der Waals surface area contributed by atoms with Gasteiger partial charge in [-0.2, -0.15) is 5.10 Å². The Morgan fingerprint density at radius 3 is 2.64 bits per heavy atom. The SMILES string of the molecule is CCNC(=NCc1cccc(-c2ncn[nH]2)c1)N(C)Cc1ccc(F)cc1.I. The number of rotatable bonds is 6. The van der Waals surface area contributed by atoms with Gasteiger partial charge in [0, 0.05) is 25.7 Å². The molecule has 0 aliphatic rings. The third-order valence-electron chi connectivity index (χ3n) is 4.06. The van der Waals surface area contributed by atoms with Gasteiger partial charge in [0.05, 0.1) is 6.54 Å².